The average molecular weight is 246 g/mol. The fourth-order valence-electron chi connectivity index (χ4n) is 1.78. The Kier molecular flexibility index (Phi) is 6.64. The van der Waals surface area contributed by atoms with Gasteiger partial charge in [0.25, 0.3) is 0 Å². The van der Waals surface area contributed by atoms with Gasteiger partial charge in [-0.05, 0) is 31.4 Å². The van der Waals surface area contributed by atoms with Gasteiger partial charge in [-0.25, -0.2) is 4.79 Å². The van der Waals surface area contributed by atoms with Crippen LogP contribution >= 0.6 is 11.8 Å². The molecule has 2 unspecified atom stereocenters. The first-order valence-corrected chi connectivity index (χ1v) is 7.08. The molecule has 1 rings (SSSR count). The Morgan fingerprint density at radius 2 is 2.44 bits per heavy atom. The van der Waals surface area contributed by atoms with E-state index in [1.165, 1.54) is 18.6 Å². The Bertz CT molecular complexity index is 208. The normalized spacial score (nSPS) is 21.8. The molecule has 1 heterocycles. The molecule has 0 bridgehead atoms. The maximum absolute atomic E-state index is 11.5. The van der Waals surface area contributed by atoms with Crippen molar-refractivity contribution in [3.05, 3.63) is 0 Å². The number of nitrogens with one attached hydrogen (secondary N) is 2. The second-order valence-electron chi connectivity index (χ2n) is 4.11. The van der Waals surface area contributed by atoms with Gasteiger partial charge in [0.2, 0.25) is 0 Å². The summed E-state index contributed by atoms with van der Waals surface area (Å²) in [6, 6.07) is -0.0194. The Labute approximate surface area is 102 Å². The number of hydrogen-bond donors (Lipinski definition) is 3. The van der Waals surface area contributed by atoms with E-state index in [0.29, 0.717) is 11.7 Å². The van der Waals surface area contributed by atoms with Gasteiger partial charge in [0.1, 0.15) is 0 Å². The maximum Gasteiger partial charge on any atom is 0.315 e. The van der Waals surface area contributed by atoms with Gasteiger partial charge < -0.3 is 15.7 Å². The minimum absolute atomic E-state index is 0.0845. The van der Waals surface area contributed by atoms with Gasteiger partial charge in [-0.3, -0.25) is 0 Å². The monoisotopic (exact) mass is 246 g/mol. The summed E-state index contributed by atoms with van der Waals surface area (Å²) in [6.45, 7) is 2.89. The predicted molar refractivity (Wildman–Crippen MR) is 67.8 cm³/mol. The molecule has 0 radical (unpaired) electrons. The lowest BCUT2D eigenvalue weighted by molar-refractivity contribution is 0.228. The average Bonchev–Trinajstić information content (AvgIpc) is 2.78. The molecule has 0 saturated carbocycles. The quantitative estimate of drug-likeness (QED) is 0.663. The van der Waals surface area contributed by atoms with E-state index in [-0.39, 0.29) is 18.7 Å². The fraction of sp³-hybridized carbons (Fsp3) is 0.909. The second kappa shape index (κ2) is 7.79. The van der Waals surface area contributed by atoms with E-state index in [4.69, 9.17) is 5.11 Å². The number of urea groups is 1. The van der Waals surface area contributed by atoms with Gasteiger partial charge in [-0.1, -0.05) is 6.92 Å². The number of aliphatic hydroxyl groups is 1. The van der Waals surface area contributed by atoms with Crippen LogP contribution in [0, 0.1) is 0 Å². The smallest absolute Gasteiger partial charge is 0.315 e. The van der Waals surface area contributed by atoms with Crippen molar-refractivity contribution in [1.29, 1.82) is 0 Å². The second-order valence-corrected chi connectivity index (χ2v) is 5.52. The lowest BCUT2D eigenvalue weighted by Crippen LogP contribution is -2.44. The van der Waals surface area contributed by atoms with Gasteiger partial charge in [-0.15, -0.1) is 0 Å². The molecule has 0 spiro atoms. The molecule has 3 N–H and O–H groups in total. The summed E-state index contributed by atoms with van der Waals surface area (Å²) in [4.78, 5) is 11.5. The number of amides is 2. The minimum atomic E-state index is -0.104. The summed E-state index contributed by atoms with van der Waals surface area (Å²) < 4.78 is 0. The van der Waals surface area contributed by atoms with Gasteiger partial charge in [0.05, 0.1) is 0 Å². The van der Waals surface area contributed by atoms with Crippen molar-refractivity contribution >= 4 is 17.8 Å². The van der Waals surface area contributed by atoms with E-state index in [9.17, 15) is 4.79 Å². The Morgan fingerprint density at radius 3 is 3.00 bits per heavy atom. The van der Waals surface area contributed by atoms with Crippen LogP contribution in [0.2, 0.25) is 0 Å². The number of hydrogen-bond acceptors (Lipinski definition) is 3. The van der Waals surface area contributed by atoms with Crippen molar-refractivity contribution in [2.45, 2.75) is 43.9 Å². The number of aliphatic hydroxyl groups excluding tert-OH is 1. The van der Waals surface area contributed by atoms with Gasteiger partial charge >= 0.3 is 6.03 Å². The third kappa shape index (κ3) is 5.07. The highest BCUT2D eigenvalue weighted by molar-refractivity contribution is 8.00. The zero-order chi connectivity index (χ0) is 11.8. The molecule has 1 fully saturated rings. The molecule has 2 amide bonds. The third-order valence-electron chi connectivity index (χ3n) is 2.82. The number of rotatable bonds is 6. The lowest BCUT2D eigenvalue weighted by Gasteiger charge is -2.17. The fourth-order valence-corrected chi connectivity index (χ4v) is 2.98. The van der Waals surface area contributed by atoms with E-state index in [2.05, 4.69) is 10.6 Å². The third-order valence-corrected chi connectivity index (χ3v) is 4.22. The predicted octanol–water partition coefficient (Wildman–Crippen LogP) is 1.34. The molecule has 5 heteroatoms. The van der Waals surface area contributed by atoms with Crippen LogP contribution in [0.25, 0.3) is 0 Å². The number of thioether (sulfide) groups is 1. The molecular formula is C11H22N2O2S. The summed E-state index contributed by atoms with van der Waals surface area (Å²) in [6.07, 6.45) is 3.95. The molecule has 2 atom stereocenters. The van der Waals surface area contributed by atoms with Crippen LogP contribution in [0.3, 0.4) is 0 Å². The standard InChI is InChI=1S/C11H22N2O2S/c1-2-9(5-6-14)13-11(15)12-8-10-4-3-7-16-10/h9-10,14H,2-8H2,1H3,(H2,12,13,15). The summed E-state index contributed by atoms with van der Waals surface area (Å²) in [5.41, 5.74) is 0. The van der Waals surface area contributed by atoms with Gasteiger partial charge in [0.15, 0.2) is 0 Å². The van der Waals surface area contributed by atoms with Crippen molar-refractivity contribution in [3.63, 3.8) is 0 Å². The van der Waals surface area contributed by atoms with Gasteiger partial charge in [-0.2, -0.15) is 11.8 Å². The Morgan fingerprint density at radius 1 is 1.62 bits per heavy atom. The first-order chi connectivity index (χ1) is 7.76. The molecule has 0 aromatic heterocycles. The Hall–Kier alpha value is -0.420. The molecule has 16 heavy (non-hydrogen) atoms. The first kappa shape index (κ1) is 13.6. The van der Waals surface area contributed by atoms with E-state index in [1.54, 1.807) is 0 Å². The summed E-state index contributed by atoms with van der Waals surface area (Å²) in [7, 11) is 0. The van der Waals surface area contributed by atoms with E-state index in [0.717, 1.165) is 13.0 Å². The van der Waals surface area contributed by atoms with Crippen molar-refractivity contribution in [2.24, 2.45) is 0 Å². The molecular weight excluding hydrogens is 224 g/mol. The molecule has 1 aliphatic rings. The van der Waals surface area contributed by atoms with Crippen LogP contribution in [0.1, 0.15) is 32.6 Å². The lowest BCUT2D eigenvalue weighted by atomic mass is 10.2. The van der Waals surface area contributed by atoms with Crippen LogP contribution in [0.5, 0.6) is 0 Å². The zero-order valence-electron chi connectivity index (χ0n) is 9.87. The van der Waals surface area contributed by atoms with Crippen molar-refractivity contribution < 1.29 is 9.90 Å². The van der Waals surface area contributed by atoms with Crippen molar-refractivity contribution in [1.82, 2.24) is 10.6 Å². The SMILES string of the molecule is CCC(CCO)NC(=O)NCC1CCCS1. The zero-order valence-corrected chi connectivity index (χ0v) is 10.7. The van der Waals surface area contributed by atoms with E-state index < -0.39 is 0 Å². The number of carbonyl (C=O) groups is 1. The van der Waals surface area contributed by atoms with Crippen molar-refractivity contribution in [2.75, 3.05) is 18.9 Å². The van der Waals surface area contributed by atoms with Crippen LogP contribution in [-0.4, -0.2) is 41.3 Å². The van der Waals surface area contributed by atoms with Crippen LogP contribution in [0.15, 0.2) is 0 Å². The molecule has 1 aliphatic heterocycles. The van der Waals surface area contributed by atoms with Crippen molar-refractivity contribution in [3.8, 4) is 0 Å². The van der Waals surface area contributed by atoms with Crippen LogP contribution in [0.4, 0.5) is 4.79 Å². The molecule has 4 nitrogen and oxygen atoms in total. The highest BCUT2D eigenvalue weighted by atomic mass is 32.2. The topological polar surface area (TPSA) is 61.4 Å². The Balaban J connectivity index is 2.13. The molecule has 0 aromatic carbocycles. The van der Waals surface area contributed by atoms with Crippen LogP contribution < -0.4 is 10.6 Å². The highest BCUT2D eigenvalue weighted by Gasteiger charge is 2.16. The largest absolute Gasteiger partial charge is 0.396 e. The van der Waals surface area contributed by atoms with Gasteiger partial charge in [0, 0.05) is 24.4 Å². The minimum Gasteiger partial charge on any atom is -0.396 e. The van der Waals surface area contributed by atoms with Crippen LogP contribution in [-0.2, 0) is 0 Å². The molecule has 1 saturated heterocycles. The summed E-state index contributed by atoms with van der Waals surface area (Å²) in [5, 5.41) is 15.2. The summed E-state index contributed by atoms with van der Waals surface area (Å²) in [5.74, 6) is 1.22. The molecule has 0 aliphatic carbocycles. The highest BCUT2D eigenvalue weighted by Crippen LogP contribution is 2.25. The van der Waals surface area contributed by atoms with E-state index in [1.807, 2.05) is 18.7 Å². The number of carbonyl (C=O) groups excluding carboxylic acids is 1. The molecule has 94 valence electrons. The summed E-state index contributed by atoms with van der Waals surface area (Å²) >= 11 is 1.94. The van der Waals surface area contributed by atoms with E-state index >= 15 is 0 Å². The first-order valence-electron chi connectivity index (χ1n) is 6.03. The maximum atomic E-state index is 11.5. The molecule has 0 aromatic rings.